The molecule has 8 nitrogen and oxygen atoms in total. The summed E-state index contributed by atoms with van der Waals surface area (Å²) in [5.41, 5.74) is 0. The quantitative estimate of drug-likeness (QED) is 0.522. The van der Waals surface area contributed by atoms with Crippen LogP contribution in [0.15, 0.2) is 0 Å². The number of carboxylic acid groups (broad SMARTS) is 1. The van der Waals surface area contributed by atoms with Gasteiger partial charge in [-0.1, -0.05) is 0 Å². The van der Waals surface area contributed by atoms with Crippen molar-refractivity contribution in [2.75, 3.05) is 6.54 Å². The number of amides is 3. The molecule has 3 amide bonds. The zero-order valence-corrected chi connectivity index (χ0v) is 11.2. The van der Waals surface area contributed by atoms with Gasteiger partial charge in [-0.15, -0.1) is 0 Å². The van der Waals surface area contributed by atoms with Crippen LogP contribution in [0, 0.1) is 0 Å². The van der Waals surface area contributed by atoms with E-state index in [1.165, 1.54) is 6.92 Å². The predicted octanol–water partition coefficient (Wildman–Crippen LogP) is -1.12. The second-order valence-corrected chi connectivity index (χ2v) is 5.35. The van der Waals surface area contributed by atoms with Crippen molar-refractivity contribution in [2.45, 2.75) is 50.4 Å². The third-order valence-corrected chi connectivity index (χ3v) is 3.48. The molecule has 3 atom stereocenters. The van der Waals surface area contributed by atoms with Crippen LogP contribution in [0.25, 0.3) is 0 Å². The maximum absolute atomic E-state index is 12.0. The average molecular weight is 285 g/mol. The van der Waals surface area contributed by atoms with E-state index in [1.807, 2.05) is 0 Å². The molecule has 1 saturated carbocycles. The molecule has 8 heteroatoms. The van der Waals surface area contributed by atoms with Crippen molar-refractivity contribution in [3.8, 4) is 0 Å². The molecule has 2 fully saturated rings. The van der Waals surface area contributed by atoms with E-state index in [9.17, 15) is 19.5 Å². The normalized spacial score (nSPS) is 27.0. The Hall–Kier alpha value is -1.83. The van der Waals surface area contributed by atoms with Gasteiger partial charge in [0.15, 0.2) is 0 Å². The molecule has 2 aliphatic rings. The van der Waals surface area contributed by atoms with Crippen molar-refractivity contribution in [3.63, 3.8) is 0 Å². The topological polar surface area (TPSA) is 119 Å². The Morgan fingerprint density at radius 1 is 1.30 bits per heavy atom. The van der Waals surface area contributed by atoms with Crippen LogP contribution >= 0.6 is 0 Å². The number of likely N-dealkylation sites (tertiary alicyclic amines) is 1. The third kappa shape index (κ3) is 3.38. The van der Waals surface area contributed by atoms with Gasteiger partial charge in [0.05, 0.1) is 6.10 Å². The smallest absolute Gasteiger partial charge is 0.326 e. The maximum atomic E-state index is 12.0. The zero-order valence-electron chi connectivity index (χ0n) is 11.2. The van der Waals surface area contributed by atoms with Gasteiger partial charge in [-0.3, -0.25) is 4.79 Å². The van der Waals surface area contributed by atoms with E-state index in [4.69, 9.17) is 5.11 Å². The summed E-state index contributed by atoms with van der Waals surface area (Å²) >= 11 is 0. The lowest BCUT2D eigenvalue weighted by molar-refractivity contribution is -0.141. The second-order valence-electron chi connectivity index (χ2n) is 5.35. The standard InChI is InChI=1S/C12H19N3O5/c1-6(10(17)14-7-2-3-7)13-12(20)15-5-8(16)4-9(15)11(18)19/h6-9,16H,2-5H2,1H3,(H,13,20)(H,14,17)(H,18,19)/t6?,8?,9-/m0/s1. The highest BCUT2D eigenvalue weighted by molar-refractivity contribution is 5.89. The molecule has 0 aromatic heterocycles. The number of β-amino-alcohol motifs (C(OH)–C–C–N with tert-alkyl or cyclic N) is 1. The lowest BCUT2D eigenvalue weighted by atomic mass is 10.2. The third-order valence-electron chi connectivity index (χ3n) is 3.48. The molecule has 0 radical (unpaired) electrons. The number of carboxylic acids is 1. The number of aliphatic carboxylic acids is 1. The molecular weight excluding hydrogens is 266 g/mol. The Bertz CT molecular complexity index is 423. The summed E-state index contributed by atoms with van der Waals surface area (Å²) in [5.74, 6) is -1.45. The van der Waals surface area contributed by atoms with Crippen LogP contribution < -0.4 is 10.6 Å². The predicted molar refractivity (Wildman–Crippen MR) is 67.9 cm³/mol. The van der Waals surface area contributed by atoms with E-state index >= 15 is 0 Å². The van der Waals surface area contributed by atoms with Crippen molar-refractivity contribution in [3.05, 3.63) is 0 Å². The fourth-order valence-corrected chi connectivity index (χ4v) is 2.16. The molecule has 2 unspecified atom stereocenters. The minimum atomic E-state index is -1.16. The molecule has 1 aliphatic carbocycles. The van der Waals surface area contributed by atoms with Gasteiger partial charge in [0, 0.05) is 19.0 Å². The monoisotopic (exact) mass is 285 g/mol. The molecule has 1 aliphatic heterocycles. The van der Waals surface area contributed by atoms with Gasteiger partial charge >= 0.3 is 12.0 Å². The lowest BCUT2D eigenvalue weighted by Crippen LogP contribution is -2.52. The largest absolute Gasteiger partial charge is 0.480 e. The molecule has 2 rings (SSSR count). The highest BCUT2D eigenvalue weighted by Gasteiger charge is 2.39. The van der Waals surface area contributed by atoms with Gasteiger partial charge in [-0.05, 0) is 19.8 Å². The first-order chi connectivity index (χ1) is 9.38. The number of hydrogen-bond acceptors (Lipinski definition) is 4. The molecule has 20 heavy (non-hydrogen) atoms. The average Bonchev–Trinajstić information content (AvgIpc) is 3.08. The summed E-state index contributed by atoms with van der Waals surface area (Å²) in [6.07, 6.45) is 1.06. The van der Waals surface area contributed by atoms with E-state index in [0.29, 0.717) is 0 Å². The van der Waals surface area contributed by atoms with Gasteiger partial charge in [-0.25, -0.2) is 9.59 Å². The van der Waals surface area contributed by atoms with Crippen LogP contribution in [0.2, 0.25) is 0 Å². The molecule has 4 N–H and O–H groups in total. The maximum Gasteiger partial charge on any atom is 0.326 e. The number of nitrogens with one attached hydrogen (secondary N) is 2. The first-order valence-corrected chi connectivity index (χ1v) is 6.67. The van der Waals surface area contributed by atoms with E-state index < -0.39 is 30.2 Å². The molecule has 0 bridgehead atoms. The van der Waals surface area contributed by atoms with E-state index in [2.05, 4.69) is 10.6 Å². The van der Waals surface area contributed by atoms with Crippen LogP contribution in [0.5, 0.6) is 0 Å². The number of rotatable bonds is 4. The Labute approximate surface area is 116 Å². The fourth-order valence-electron chi connectivity index (χ4n) is 2.16. The Morgan fingerprint density at radius 2 is 1.95 bits per heavy atom. The summed E-state index contributed by atoms with van der Waals surface area (Å²) in [6, 6.07) is -2.24. The highest BCUT2D eigenvalue weighted by atomic mass is 16.4. The Balaban J connectivity index is 1.89. The van der Waals surface area contributed by atoms with Crippen LogP contribution in [-0.2, 0) is 9.59 Å². The van der Waals surface area contributed by atoms with Gasteiger partial charge < -0.3 is 25.7 Å². The molecular formula is C12H19N3O5. The van der Waals surface area contributed by atoms with Crippen LogP contribution in [0.4, 0.5) is 4.79 Å². The summed E-state index contributed by atoms with van der Waals surface area (Å²) in [5, 5.41) is 23.7. The van der Waals surface area contributed by atoms with Crippen molar-refractivity contribution < 1.29 is 24.6 Å². The molecule has 0 spiro atoms. The van der Waals surface area contributed by atoms with Crippen molar-refractivity contribution in [2.24, 2.45) is 0 Å². The van der Waals surface area contributed by atoms with Crippen molar-refractivity contribution >= 4 is 17.9 Å². The minimum Gasteiger partial charge on any atom is -0.480 e. The van der Waals surface area contributed by atoms with Crippen LogP contribution in [-0.4, -0.2) is 63.8 Å². The van der Waals surface area contributed by atoms with Crippen molar-refractivity contribution in [1.82, 2.24) is 15.5 Å². The lowest BCUT2D eigenvalue weighted by Gasteiger charge is -2.23. The highest BCUT2D eigenvalue weighted by Crippen LogP contribution is 2.19. The van der Waals surface area contributed by atoms with Crippen molar-refractivity contribution in [1.29, 1.82) is 0 Å². The SMILES string of the molecule is CC(NC(=O)N1CC(O)C[C@H]1C(=O)O)C(=O)NC1CC1. The van der Waals surface area contributed by atoms with E-state index in [-0.39, 0.29) is 24.9 Å². The fraction of sp³-hybridized carbons (Fsp3) is 0.750. The number of aliphatic hydroxyl groups is 1. The number of nitrogens with zero attached hydrogens (tertiary/aromatic N) is 1. The minimum absolute atomic E-state index is 0.00536. The second kappa shape index (κ2) is 5.66. The first kappa shape index (κ1) is 14.6. The number of carbonyl (C=O) groups excluding carboxylic acids is 2. The van der Waals surface area contributed by atoms with Crippen LogP contribution in [0.3, 0.4) is 0 Å². The van der Waals surface area contributed by atoms with E-state index in [1.54, 1.807) is 0 Å². The molecule has 1 heterocycles. The van der Waals surface area contributed by atoms with Crippen LogP contribution in [0.1, 0.15) is 26.2 Å². The molecule has 0 aromatic carbocycles. The number of aliphatic hydroxyl groups excluding tert-OH is 1. The summed E-state index contributed by atoms with van der Waals surface area (Å²) in [6.45, 7) is 1.50. The van der Waals surface area contributed by atoms with Gasteiger partial charge in [0.2, 0.25) is 5.91 Å². The zero-order chi connectivity index (χ0) is 14.9. The first-order valence-electron chi connectivity index (χ1n) is 6.67. The summed E-state index contributed by atoms with van der Waals surface area (Å²) in [4.78, 5) is 35.8. The molecule has 0 aromatic rings. The summed E-state index contributed by atoms with van der Waals surface area (Å²) < 4.78 is 0. The van der Waals surface area contributed by atoms with Gasteiger partial charge in [0.25, 0.3) is 0 Å². The summed E-state index contributed by atoms with van der Waals surface area (Å²) in [7, 11) is 0. The Kier molecular flexibility index (Phi) is 4.12. The van der Waals surface area contributed by atoms with Gasteiger partial charge in [-0.2, -0.15) is 0 Å². The number of urea groups is 1. The molecule has 112 valence electrons. The number of hydrogen-bond donors (Lipinski definition) is 4. The molecule has 1 saturated heterocycles. The number of carbonyl (C=O) groups is 3. The Morgan fingerprint density at radius 3 is 2.50 bits per heavy atom. The van der Waals surface area contributed by atoms with E-state index in [0.717, 1.165) is 17.7 Å². The van der Waals surface area contributed by atoms with Gasteiger partial charge in [0.1, 0.15) is 12.1 Å².